The molecule has 0 radical (unpaired) electrons. The van der Waals surface area contributed by atoms with Crippen LogP contribution in [0.2, 0.25) is 0 Å². The number of hydrogen-bond donors (Lipinski definition) is 2. The molecule has 1 aromatic rings. The highest BCUT2D eigenvalue weighted by Crippen LogP contribution is 2.04. The molecule has 3 N–H and O–H groups in total. The van der Waals surface area contributed by atoms with Gasteiger partial charge in [-0.25, -0.2) is 0 Å². The Hall–Kier alpha value is -1.11. The van der Waals surface area contributed by atoms with Gasteiger partial charge in [0.05, 0.1) is 13.2 Å². The van der Waals surface area contributed by atoms with E-state index in [1.807, 2.05) is 0 Å². The van der Waals surface area contributed by atoms with Gasteiger partial charge in [0.25, 0.3) is 0 Å². The number of nitrogens with two attached hydrogens (primary N) is 1. The Labute approximate surface area is 107 Å². The average molecular weight is 263 g/mol. The van der Waals surface area contributed by atoms with E-state index >= 15 is 0 Å². The Balaban J connectivity index is 0.00000256. The average Bonchev–Trinajstić information content (AvgIpc) is 2.72. The van der Waals surface area contributed by atoms with E-state index in [1.54, 1.807) is 31.0 Å². The van der Waals surface area contributed by atoms with Crippen molar-refractivity contribution in [2.45, 2.75) is 13.5 Å². The van der Waals surface area contributed by atoms with Gasteiger partial charge >= 0.3 is 0 Å². The minimum atomic E-state index is -0.205. The number of methoxy groups -OCH3 is 1. The molecule has 0 saturated carbocycles. The number of nitrogens with one attached hydrogen (secondary N) is 1. The summed E-state index contributed by atoms with van der Waals surface area (Å²) in [4.78, 5) is 11.5. The van der Waals surface area contributed by atoms with Crippen molar-refractivity contribution in [3.63, 3.8) is 0 Å². The number of ether oxygens (including phenoxy) is 1. The first-order valence-electron chi connectivity index (χ1n) is 5.20. The summed E-state index contributed by atoms with van der Waals surface area (Å²) in [5.41, 5.74) is 5.39. The molecule has 0 aliphatic carbocycles. The van der Waals surface area contributed by atoms with Crippen LogP contribution in [0.15, 0.2) is 12.3 Å². The van der Waals surface area contributed by atoms with E-state index in [1.165, 1.54) is 0 Å². The van der Waals surface area contributed by atoms with Gasteiger partial charge < -0.3 is 15.8 Å². The summed E-state index contributed by atoms with van der Waals surface area (Å²) in [6, 6.07) is 1.75. The molecule has 1 heterocycles. The Morgan fingerprint density at radius 3 is 3.00 bits per heavy atom. The van der Waals surface area contributed by atoms with Gasteiger partial charge in [-0.1, -0.05) is 6.92 Å². The fourth-order valence-corrected chi connectivity index (χ4v) is 1.09. The number of aromatic nitrogens is 2. The zero-order chi connectivity index (χ0) is 12.0. The number of nitrogens with zero attached hydrogens (tertiary/aromatic N) is 2. The summed E-state index contributed by atoms with van der Waals surface area (Å²) >= 11 is 0. The summed E-state index contributed by atoms with van der Waals surface area (Å²) in [6.07, 6.45) is 1.79. The van der Waals surface area contributed by atoms with E-state index in [0.29, 0.717) is 25.5 Å². The zero-order valence-electron chi connectivity index (χ0n) is 10.0. The van der Waals surface area contributed by atoms with Crippen molar-refractivity contribution in [3.05, 3.63) is 12.3 Å². The van der Waals surface area contributed by atoms with Crippen molar-refractivity contribution < 1.29 is 9.53 Å². The van der Waals surface area contributed by atoms with E-state index in [9.17, 15) is 4.79 Å². The molecule has 6 nitrogen and oxygen atoms in total. The Morgan fingerprint density at radius 2 is 2.41 bits per heavy atom. The predicted molar refractivity (Wildman–Crippen MR) is 68.2 cm³/mol. The van der Waals surface area contributed by atoms with Crippen LogP contribution in [0.3, 0.4) is 0 Å². The van der Waals surface area contributed by atoms with Crippen LogP contribution in [0.25, 0.3) is 0 Å². The van der Waals surface area contributed by atoms with Gasteiger partial charge in [-0.2, -0.15) is 5.10 Å². The second-order valence-corrected chi connectivity index (χ2v) is 3.58. The van der Waals surface area contributed by atoms with Crippen LogP contribution in [0.1, 0.15) is 6.92 Å². The molecule has 0 aliphatic rings. The van der Waals surface area contributed by atoms with E-state index in [-0.39, 0.29) is 24.2 Å². The van der Waals surface area contributed by atoms with E-state index in [0.717, 1.165) is 0 Å². The highest BCUT2D eigenvalue weighted by atomic mass is 35.5. The molecule has 1 rings (SSSR count). The molecule has 98 valence electrons. The fraction of sp³-hybridized carbons (Fsp3) is 0.600. The van der Waals surface area contributed by atoms with Crippen LogP contribution < -0.4 is 11.1 Å². The molecule has 1 aromatic heterocycles. The fourth-order valence-electron chi connectivity index (χ4n) is 1.09. The first-order valence-corrected chi connectivity index (χ1v) is 5.20. The van der Waals surface area contributed by atoms with Crippen LogP contribution in [0, 0.1) is 5.92 Å². The topological polar surface area (TPSA) is 82.2 Å². The largest absolute Gasteiger partial charge is 0.383 e. The van der Waals surface area contributed by atoms with E-state index < -0.39 is 0 Å². The Kier molecular flexibility index (Phi) is 7.53. The first-order chi connectivity index (χ1) is 7.67. The highest BCUT2D eigenvalue weighted by Gasteiger charge is 2.11. The molecule has 0 aromatic carbocycles. The standard InChI is InChI=1S/C10H18N4O2.ClH/c1-8(7-11)10(15)12-9-3-4-14(13-9)5-6-16-2;/h3-4,8H,5-7,11H2,1-2H3,(H,12,13,15);1H. The molecule has 1 atom stereocenters. The SMILES string of the molecule is COCCn1ccc(NC(=O)C(C)CN)n1.Cl. The van der Waals surface area contributed by atoms with Gasteiger partial charge in [0.1, 0.15) is 0 Å². The molecule has 1 unspecified atom stereocenters. The van der Waals surface area contributed by atoms with Crippen molar-refractivity contribution in [2.24, 2.45) is 11.7 Å². The molecule has 0 saturated heterocycles. The summed E-state index contributed by atoms with van der Waals surface area (Å²) in [5.74, 6) is 0.227. The molecule has 0 spiro atoms. The van der Waals surface area contributed by atoms with Crippen LogP contribution in [-0.2, 0) is 16.1 Å². The number of hydrogen-bond acceptors (Lipinski definition) is 4. The van der Waals surface area contributed by atoms with Gasteiger partial charge in [-0.3, -0.25) is 9.48 Å². The molecule has 0 bridgehead atoms. The molecule has 0 aliphatic heterocycles. The normalized spacial score (nSPS) is 11.7. The second-order valence-electron chi connectivity index (χ2n) is 3.58. The number of anilines is 1. The number of halogens is 1. The lowest BCUT2D eigenvalue weighted by Crippen LogP contribution is -2.26. The van der Waals surface area contributed by atoms with Gasteiger partial charge in [0, 0.05) is 31.8 Å². The third-order valence-corrected chi connectivity index (χ3v) is 2.22. The molecular weight excluding hydrogens is 244 g/mol. The molecule has 1 amide bonds. The quantitative estimate of drug-likeness (QED) is 0.782. The molecule has 17 heavy (non-hydrogen) atoms. The number of carbonyl (C=O) groups is 1. The third kappa shape index (κ3) is 5.16. The van der Waals surface area contributed by atoms with Crippen LogP contribution >= 0.6 is 12.4 Å². The summed E-state index contributed by atoms with van der Waals surface area (Å²) in [6.45, 7) is 3.36. The maximum absolute atomic E-state index is 11.5. The van der Waals surface area contributed by atoms with Crippen LogP contribution in [-0.4, -0.2) is 35.9 Å². The third-order valence-electron chi connectivity index (χ3n) is 2.22. The van der Waals surface area contributed by atoms with Crippen molar-refractivity contribution in [1.82, 2.24) is 9.78 Å². The maximum atomic E-state index is 11.5. The minimum Gasteiger partial charge on any atom is -0.383 e. The van der Waals surface area contributed by atoms with Crippen molar-refractivity contribution in [1.29, 1.82) is 0 Å². The van der Waals surface area contributed by atoms with Crippen LogP contribution in [0.4, 0.5) is 5.82 Å². The number of carbonyl (C=O) groups excluding carboxylic acids is 1. The first kappa shape index (κ1) is 15.9. The van der Waals surface area contributed by atoms with Gasteiger partial charge in [-0.15, -0.1) is 12.4 Å². The monoisotopic (exact) mass is 262 g/mol. The minimum absolute atomic E-state index is 0. The van der Waals surface area contributed by atoms with E-state index in [4.69, 9.17) is 10.5 Å². The maximum Gasteiger partial charge on any atom is 0.229 e. The lowest BCUT2D eigenvalue weighted by atomic mass is 10.2. The summed E-state index contributed by atoms with van der Waals surface area (Å²) < 4.78 is 6.64. The number of rotatable bonds is 6. The smallest absolute Gasteiger partial charge is 0.229 e. The molecular formula is C10H19ClN4O2. The summed E-state index contributed by atoms with van der Waals surface area (Å²) in [7, 11) is 1.63. The number of amides is 1. The molecule has 0 fully saturated rings. The second kappa shape index (κ2) is 8.05. The van der Waals surface area contributed by atoms with Crippen LogP contribution in [0.5, 0.6) is 0 Å². The van der Waals surface area contributed by atoms with Crippen molar-refractivity contribution in [2.75, 3.05) is 25.6 Å². The lowest BCUT2D eigenvalue weighted by Gasteiger charge is -2.07. The van der Waals surface area contributed by atoms with Gasteiger partial charge in [0.15, 0.2) is 5.82 Å². The Morgan fingerprint density at radius 1 is 1.71 bits per heavy atom. The van der Waals surface area contributed by atoms with Crippen molar-refractivity contribution >= 4 is 24.1 Å². The highest BCUT2D eigenvalue weighted by molar-refractivity contribution is 5.91. The zero-order valence-corrected chi connectivity index (χ0v) is 10.9. The summed E-state index contributed by atoms with van der Waals surface area (Å²) in [5, 5.41) is 6.87. The lowest BCUT2D eigenvalue weighted by molar-refractivity contribution is -0.119. The van der Waals surface area contributed by atoms with E-state index in [2.05, 4.69) is 10.4 Å². The van der Waals surface area contributed by atoms with Gasteiger partial charge in [0.2, 0.25) is 5.91 Å². The molecule has 7 heteroatoms. The Bertz CT molecular complexity index is 343. The predicted octanol–water partition coefficient (Wildman–Crippen LogP) is 0.485. The van der Waals surface area contributed by atoms with Gasteiger partial charge in [-0.05, 0) is 0 Å². The van der Waals surface area contributed by atoms with Crippen molar-refractivity contribution in [3.8, 4) is 0 Å².